The number of nitrogens with zero attached hydrogens (tertiary/aromatic N) is 8. The van der Waals surface area contributed by atoms with Crippen LogP contribution in [0, 0.1) is 0 Å². The maximum Gasteiger partial charge on any atom is 1.00 e. The number of carbonyl (C=O) groups excluding carboxylic acids is 3. The van der Waals surface area contributed by atoms with E-state index in [-0.39, 0.29) is 175 Å². The van der Waals surface area contributed by atoms with E-state index in [4.69, 9.17) is 44.6 Å². The van der Waals surface area contributed by atoms with E-state index in [1.807, 2.05) is 101 Å². The summed E-state index contributed by atoms with van der Waals surface area (Å²) in [6.45, 7) is 4.04. The minimum Gasteiger partial charge on any atom is -1.00 e. The Morgan fingerprint density at radius 1 is 0.557 bits per heavy atom. The average Bonchev–Trinajstić information content (AvgIpc) is 2.05. The van der Waals surface area contributed by atoms with E-state index in [2.05, 4.69) is 36.1 Å². The SMILES string of the molecule is C.C.C.COC(=O)c1ccc2nc(-c3ccccc3)c(Br)nc2c1.COC(=O)c1ccc2nc(-c3ccccc3)c(N3CC[C@@H](O)C3)nc2c1.Cl.O=C(O)c1ccc2nc(-c3ccccc3)c(N3CC[C@@H](O)C3)nc2c1.O=CO[O-].O[C@@H]1CCNC1.[H-].[K+].[K+]. The molecule has 88 heavy (non-hydrogen) atoms. The number of aliphatic hydroxyl groups is 3. The molecule has 0 amide bonds. The van der Waals surface area contributed by atoms with Crippen molar-refractivity contribution in [1.82, 2.24) is 35.2 Å². The average molecular weight is 1340 g/mol. The van der Waals surface area contributed by atoms with Gasteiger partial charge in [-0.25, -0.2) is 44.3 Å². The quantitative estimate of drug-likeness (QED) is 0.0455. The van der Waals surface area contributed by atoms with Crippen LogP contribution in [0.3, 0.4) is 0 Å². The molecule has 25 heteroatoms. The van der Waals surface area contributed by atoms with Crippen molar-refractivity contribution in [2.75, 3.05) is 63.3 Å². The summed E-state index contributed by atoms with van der Waals surface area (Å²) in [6.07, 6.45) is 1.51. The van der Waals surface area contributed by atoms with Crippen molar-refractivity contribution in [3.8, 4) is 33.8 Å². The monoisotopic (exact) mass is 1340 g/mol. The number of nitrogens with one attached hydrogen (secondary N) is 1. The van der Waals surface area contributed by atoms with Crippen LogP contribution in [-0.4, -0.2) is 147 Å². The molecule has 0 radical (unpaired) electrons. The van der Waals surface area contributed by atoms with Crippen molar-refractivity contribution in [1.29, 1.82) is 0 Å². The van der Waals surface area contributed by atoms with E-state index >= 15 is 0 Å². The minimum absolute atomic E-state index is 0. The second-order valence-electron chi connectivity index (χ2n) is 18.8. The molecule has 5 N–H and O–H groups in total. The Kier molecular flexibility index (Phi) is 34.9. The van der Waals surface area contributed by atoms with Crippen LogP contribution in [0.2, 0.25) is 0 Å². The molecule has 0 unspecified atom stereocenters. The molecule has 3 aliphatic heterocycles. The van der Waals surface area contributed by atoms with E-state index in [9.17, 15) is 29.7 Å². The largest absolute Gasteiger partial charge is 1.00 e. The van der Waals surface area contributed by atoms with Gasteiger partial charge in [-0.2, -0.15) is 0 Å². The van der Waals surface area contributed by atoms with Crippen LogP contribution >= 0.6 is 28.3 Å². The summed E-state index contributed by atoms with van der Waals surface area (Å²) in [5, 5.41) is 49.1. The van der Waals surface area contributed by atoms with E-state index in [1.165, 1.54) is 26.4 Å². The maximum atomic E-state index is 11.8. The fourth-order valence-corrected chi connectivity index (χ4v) is 9.56. The topological polar surface area (TPSA) is 296 Å². The molecule has 3 fully saturated rings. The number of anilines is 2. The van der Waals surface area contributed by atoms with Crippen molar-refractivity contribution in [3.63, 3.8) is 0 Å². The Bertz CT molecular complexity index is 3690. The van der Waals surface area contributed by atoms with Gasteiger partial charge in [-0.1, -0.05) is 113 Å². The van der Waals surface area contributed by atoms with Crippen LogP contribution in [0.1, 0.15) is 74.0 Å². The summed E-state index contributed by atoms with van der Waals surface area (Å²) >= 11 is 3.44. The molecular formula is C63H71BrClK2N9O12. The van der Waals surface area contributed by atoms with E-state index in [0.29, 0.717) is 81.6 Å². The molecule has 0 saturated carbocycles. The second-order valence-corrected chi connectivity index (χ2v) is 19.5. The number of aliphatic hydroxyl groups excluding tert-OH is 3. The number of rotatable bonds is 9. The molecule has 21 nitrogen and oxygen atoms in total. The third-order valence-electron chi connectivity index (χ3n) is 13.1. The Balaban J connectivity index is 0.000000598. The van der Waals surface area contributed by atoms with E-state index < -0.39 is 11.9 Å². The number of fused-ring (bicyclic) bond motifs is 3. The van der Waals surface area contributed by atoms with Crippen molar-refractivity contribution in [3.05, 3.63) is 167 Å². The van der Waals surface area contributed by atoms with Crippen molar-refractivity contribution in [2.24, 2.45) is 0 Å². The fourth-order valence-electron chi connectivity index (χ4n) is 9.05. The molecule has 6 heterocycles. The number of halogens is 2. The molecule has 0 bridgehead atoms. The van der Waals surface area contributed by atoms with Crippen LogP contribution in [0.15, 0.2) is 150 Å². The van der Waals surface area contributed by atoms with Gasteiger partial charge in [0.05, 0.1) is 82.3 Å². The molecule has 3 saturated heterocycles. The van der Waals surface area contributed by atoms with Gasteiger partial charge in [0.1, 0.15) is 21.7 Å². The first-order valence-electron chi connectivity index (χ1n) is 25.9. The zero-order chi connectivity index (χ0) is 58.1. The summed E-state index contributed by atoms with van der Waals surface area (Å²) in [5.41, 5.74) is 10.1. The number of methoxy groups -OCH3 is 2. The number of benzene rings is 6. The number of carboxylic acid groups (broad SMARTS) is 1. The number of aromatic carboxylic acids is 1. The van der Waals surface area contributed by atoms with Gasteiger partial charge in [-0.05, 0) is 96.3 Å². The second kappa shape index (κ2) is 39.0. The first-order chi connectivity index (χ1) is 39.8. The number of carbonyl (C=O) groups is 4. The zero-order valence-corrected chi connectivity index (χ0v) is 55.6. The van der Waals surface area contributed by atoms with Crippen LogP contribution in [0.4, 0.5) is 11.6 Å². The van der Waals surface area contributed by atoms with Crippen LogP contribution in [-0.2, 0) is 19.2 Å². The van der Waals surface area contributed by atoms with Crippen molar-refractivity contribution in [2.45, 2.75) is 59.9 Å². The molecule has 3 aliphatic rings. The van der Waals surface area contributed by atoms with Gasteiger partial charge in [0.25, 0.3) is 6.47 Å². The third kappa shape index (κ3) is 21.1. The molecule has 3 atom stereocenters. The van der Waals surface area contributed by atoms with Gasteiger partial charge >= 0.3 is 121 Å². The molecule has 456 valence electrons. The standard InChI is InChI=1S/C20H19N3O3.C19H17N3O3.C16H11BrN2O2.C4H9NO.CH2O3.3CH4.ClH.2K.H/c1-26-20(25)14-7-8-16-17(11-14)22-19(23-10-9-15(24)12-23)18(21-16)13-5-3-2-4-6-13;23-14-8-9-22(11-14)18-17(12-4-2-1-3-5-12)20-15-7-6-13(19(24)25)10-16(15)21-18;1-21-16(20)11-7-8-12-13(9-11)19-15(17)14(18-12)10-5-3-2-4-6-10;6-4-1-2-5-3-4;2-1-4-3;;;;;;;/h2-8,11,15,24H,9-10,12H2,1H3;1-7,10,14,23H,8-9,11H2,(H,24,25);2-9H,1H3;4-6H,1-3H2;1,3H;3*1H4;1H;;;/q;;;;;;;;;2*+1;-1/p-1/t15-;14-;;4-;;;;;;;;/m11.1......../s1. The van der Waals surface area contributed by atoms with Crippen LogP contribution in [0.5, 0.6) is 0 Å². The number of β-amino-alcohol motifs (C(OH)–C–C–N with tert-alkyl or cyclic N) is 3. The number of esters is 2. The zero-order valence-electron chi connectivity index (χ0n) is 47.9. The third-order valence-corrected chi connectivity index (χ3v) is 13.7. The predicted octanol–water partition coefficient (Wildman–Crippen LogP) is 3.29. The van der Waals surface area contributed by atoms with Crippen molar-refractivity contribution >= 4 is 97.5 Å². The smallest absolute Gasteiger partial charge is 1.00 e. The Morgan fingerprint density at radius 2 is 0.920 bits per heavy atom. The summed E-state index contributed by atoms with van der Waals surface area (Å²) < 4.78 is 10.1. The molecular weight excluding hydrogens is 1270 g/mol. The summed E-state index contributed by atoms with van der Waals surface area (Å²) in [6, 6.07) is 44.5. The molecule has 0 spiro atoms. The molecule has 12 rings (SSSR count). The summed E-state index contributed by atoms with van der Waals surface area (Å²) in [7, 11) is 2.71. The van der Waals surface area contributed by atoms with Gasteiger partial charge in [-0.3, -0.25) is 4.79 Å². The molecule has 0 aliphatic carbocycles. The fraction of sp³-hybridized carbons (Fsp3) is 0.270. The summed E-state index contributed by atoms with van der Waals surface area (Å²) in [4.78, 5) is 78.0. The molecule has 3 aromatic heterocycles. The first-order valence-corrected chi connectivity index (χ1v) is 26.7. The van der Waals surface area contributed by atoms with Gasteiger partial charge in [0.15, 0.2) is 11.6 Å². The van der Waals surface area contributed by atoms with E-state index in [0.717, 1.165) is 71.2 Å². The number of hydrogen-bond acceptors (Lipinski definition) is 20. The predicted molar refractivity (Wildman–Crippen MR) is 337 cm³/mol. The summed E-state index contributed by atoms with van der Waals surface area (Å²) in [5.74, 6) is -0.380. The van der Waals surface area contributed by atoms with Gasteiger partial charge in [0, 0.05) is 49.4 Å². The van der Waals surface area contributed by atoms with Crippen LogP contribution in [0.25, 0.3) is 66.9 Å². The first kappa shape index (κ1) is 78.8. The normalized spacial score (nSPS) is 15.0. The molecule has 9 aromatic rings. The minimum atomic E-state index is -0.992. The number of carboxylic acids is 1. The Morgan fingerprint density at radius 3 is 1.24 bits per heavy atom. The van der Waals surface area contributed by atoms with E-state index in [1.54, 1.807) is 42.5 Å². The maximum absolute atomic E-state index is 11.8. The number of aromatic nitrogens is 6. The van der Waals surface area contributed by atoms with Crippen LogP contribution < -0.4 is 123 Å². The van der Waals surface area contributed by atoms with Gasteiger partial charge in [-0.15, -0.1) is 12.4 Å². The number of ether oxygens (including phenoxy) is 2. The number of hydrogen-bond donors (Lipinski definition) is 5. The van der Waals surface area contributed by atoms with Crippen molar-refractivity contribution < 1.29 is 163 Å². The van der Waals surface area contributed by atoms with Gasteiger partial charge in [0.2, 0.25) is 0 Å². The van der Waals surface area contributed by atoms with Gasteiger partial charge < -0.3 is 56.6 Å². The molecule has 6 aromatic carbocycles. The Labute approximate surface area is 612 Å². The Hall–Kier alpha value is -5.34.